The lowest BCUT2D eigenvalue weighted by atomic mass is 10.2. The third-order valence-corrected chi connectivity index (χ3v) is 2.93. The number of esters is 1. The van der Waals surface area contributed by atoms with E-state index in [0.717, 1.165) is 11.3 Å². The van der Waals surface area contributed by atoms with Crippen LogP contribution in [-0.4, -0.2) is 60.5 Å². The van der Waals surface area contributed by atoms with Gasteiger partial charge in [0.25, 0.3) is 0 Å². The summed E-state index contributed by atoms with van der Waals surface area (Å²) in [5.41, 5.74) is 1.93. The SMILES string of the molecule is CCOC(=O)CNc1ccc(CN(CCO)CCO)cc1. The van der Waals surface area contributed by atoms with Crippen molar-refractivity contribution in [2.24, 2.45) is 0 Å². The lowest BCUT2D eigenvalue weighted by Gasteiger charge is -2.20. The molecule has 0 aliphatic carbocycles. The molecule has 0 radical (unpaired) electrons. The second kappa shape index (κ2) is 10.1. The number of aliphatic hydroxyl groups is 2. The van der Waals surface area contributed by atoms with E-state index in [2.05, 4.69) is 5.32 Å². The first-order chi connectivity index (χ1) is 10.2. The summed E-state index contributed by atoms with van der Waals surface area (Å²) >= 11 is 0. The van der Waals surface area contributed by atoms with Gasteiger partial charge >= 0.3 is 5.97 Å². The van der Waals surface area contributed by atoms with Crippen molar-refractivity contribution in [2.75, 3.05) is 44.8 Å². The molecule has 0 saturated heterocycles. The fourth-order valence-electron chi connectivity index (χ4n) is 1.93. The molecule has 0 bridgehead atoms. The second-order valence-electron chi connectivity index (χ2n) is 4.58. The number of benzene rings is 1. The fraction of sp³-hybridized carbons (Fsp3) is 0.533. The Morgan fingerprint density at radius 1 is 1.19 bits per heavy atom. The van der Waals surface area contributed by atoms with E-state index in [9.17, 15) is 4.79 Å². The number of nitrogens with one attached hydrogen (secondary N) is 1. The van der Waals surface area contributed by atoms with Gasteiger partial charge in [0, 0.05) is 25.3 Å². The van der Waals surface area contributed by atoms with E-state index >= 15 is 0 Å². The van der Waals surface area contributed by atoms with Gasteiger partial charge in [0.1, 0.15) is 6.54 Å². The molecule has 1 aromatic rings. The quantitative estimate of drug-likeness (QED) is 0.544. The number of carbonyl (C=O) groups is 1. The number of carbonyl (C=O) groups excluding carboxylic acids is 1. The molecule has 6 heteroatoms. The van der Waals surface area contributed by atoms with E-state index in [4.69, 9.17) is 14.9 Å². The van der Waals surface area contributed by atoms with Gasteiger partial charge in [0.2, 0.25) is 0 Å². The normalized spacial score (nSPS) is 10.7. The summed E-state index contributed by atoms with van der Waals surface area (Å²) in [6.07, 6.45) is 0. The molecule has 21 heavy (non-hydrogen) atoms. The highest BCUT2D eigenvalue weighted by Gasteiger charge is 2.05. The molecule has 0 amide bonds. The minimum absolute atomic E-state index is 0.0686. The lowest BCUT2D eigenvalue weighted by molar-refractivity contribution is -0.140. The second-order valence-corrected chi connectivity index (χ2v) is 4.58. The molecule has 0 unspecified atom stereocenters. The van der Waals surface area contributed by atoms with Gasteiger partial charge in [0.15, 0.2) is 0 Å². The Morgan fingerprint density at radius 2 is 1.81 bits per heavy atom. The molecule has 0 atom stereocenters. The zero-order valence-corrected chi connectivity index (χ0v) is 12.4. The summed E-state index contributed by atoms with van der Waals surface area (Å²) in [7, 11) is 0. The zero-order valence-electron chi connectivity index (χ0n) is 12.4. The van der Waals surface area contributed by atoms with E-state index < -0.39 is 0 Å². The van der Waals surface area contributed by atoms with Gasteiger partial charge in [-0.1, -0.05) is 12.1 Å². The third kappa shape index (κ3) is 7.08. The van der Waals surface area contributed by atoms with Crippen LogP contribution in [0.15, 0.2) is 24.3 Å². The highest BCUT2D eigenvalue weighted by molar-refractivity contribution is 5.74. The largest absolute Gasteiger partial charge is 0.465 e. The van der Waals surface area contributed by atoms with Crippen LogP contribution >= 0.6 is 0 Å². The number of nitrogens with zero attached hydrogens (tertiary/aromatic N) is 1. The Bertz CT molecular complexity index is 403. The van der Waals surface area contributed by atoms with Crippen LogP contribution < -0.4 is 5.32 Å². The third-order valence-electron chi connectivity index (χ3n) is 2.93. The molecule has 1 rings (SSSR count). The molecule has 0 aromatic heterocycles. The summed E-state index contributed by atoms with van der Waals surface area (Å²) in [6, 6.07) is 7.69. The maximum absolute atomic E-state index is 11.2. The van der Waals surface area contributed by atoms with Crippen LogP contribution in [0.25, 0.3) is 0 Å². The predicted molar refractivity (Wildman–Crippen MR) is 81.0 cm³/mol. The number of hydrogen-bond donors (Lipinski definition) is 3. The van der Waals surface area contributed by atoms with E-state index in [0.29, 0.717) is 26.2 Å². The van der Waals surface area contributed by atoms with Crippen LogP contribution in [0.3, 0.4) is 0 Å². The van der Waals surface area contributed by atoms with Crippen molar-refractivity contribution < 1.29 is 19.7 Å². The van der Waals surface area contributed by atoms with Crippen molar-refractivity contribution in [3.8, 4) is 0 Å². The van der Waals surface area contributed by atoms with Gasteiger partial charge in [0.05, 0.1) is 19.8 Å². The van der Waals surface area contributed by atoms with E-state index in [1.165, 1.54) is 0 Å². The van der Waals surface area contributed by atoms with E-state index in [1.54, 1.807) is 6.92 Å². The average Bonchev–Trinajstić information content (AvgIpc) is 2.47. The highest BCUT2D eigenvalue weighted by Crippen LogP contribution is 2.11. The number of aliphatic hydroxyl groups excluding tert-OH is 2. The molecule has 3 N–H and O–H groups in total. The van der Waals surface area contributed by atoms with Crippen LogP contribution in [0.5, 0.6) is 0 Å². The molecule has 0 heterocycles. The Morgan fingerprint density at radius 3 is 2.33 bits per heavy atom. The molecule has 1 aromatic carbocycles. The van der Waals surface area contributed by atoms with Crippen molar-refractivity contribution in [3.63, 3.8) is 0 Å². The Labute approximate surface area is 125 Å². The number of hydrogen-bond acceptors (Lipinski definition) is 6. The van der Waals surface area contributed by atoms with E-state index in [-0.39, 0.29) is 25.7 Å². The molecule has 0 spiro atoms. The maximum Gasteiger partial charge on any atom is 0.325 e. The predicted octanol–water partition coefficient (Wildman–Crippen LogP) is 0.448. The Kier molecular flexibility index (Phi) is 8.42. The molecule has 6 nitrogen and oxygen atoms in total. The Balaban J connectivity index is 2.47. The molecule has 0 saturated carbocycles. The van der Waals surface area contributed by atoms with Crippen molar-refractivity contribution in [1.82, 2.24) is 4.90 Å². The maximum atomic E-state index is 11.2. The summed E-state index contributed by atoms with van der Waals surface area (Å²) in [5.74, 6) is -0.279. The van der Waals surface area contributed by atoms with Crippen molar-refractivity contribution >= 4 is 11.7 Å². The first kappa shape index (κ1) is 17.4. The smallest absolute Gasteiger partial charge is 0.325 e. The lowest BCUT2D eigenvalue weighted by Crippen LogP contribution is -2.29. The van der Waals surface area contributed by atoms with Gasteiger partial charge in [-0.15, -0.1) is 0 Å². The standard InChI is InChI=1S/C15H24N2O4/c1-2-21-15(20)11-16-14-5-3-13(4-6-14)12-17(7-9-18)8-10-19/h3-6,16,18-19H,2,7-12H2,1H3. The minimum atomic E-state index is -0.279. The Hall–Kier alpha value is -1.63. The molecule has 0 aliphatic heterocycles. The number of anilines is 1. The summed E-state index contributed by atoms with van der Waals surface area (Å²) in [5, 5.41) is 20.9. The molecule has 0 aliphatic rings. The highest BCUT2D eigenvalue weighted by atomic mass is 16.5. The van der Waals surface area contributed by atoms with Crippen LogP contribution in [-0.2, 0) is 16.1 Å². The minimum Gasteiger partial charge on any atom is -0.465 e. The van der Waals surface area contributed by atoms with Crippen LogP contribution in [0.4, 0.5) is 5.69 Å². The van der Waals surface area contributed by atoms with Crippen LogP contribution in [0.1, 0.15) is 12.5 Å². The van der Waals surface area contributed by atoms with Crippen LogP contribution in [0, 0.1) is 0 Å². The van der Waals surface area contributed by atoms with Crippen LogP contribution in [0.2, 0.25) is 0 Å². The summed E-state index contributed by atoms with van der Waals surface area (Å²) in [4.78, 5) is 13.2. The first-order valence-corrected chi connectivity index (χ1v) is 7.12. The van der Waals surface area contributed by atoms with Gasteiger partial charge in [-0.2, -0.15) is 0 Å². The fourth-order valence-corrected chi connectivity index (χ4v) is 1.93. The van der Waals surface area contributed by atoms with Gasteiger partial charge < -0.3 is 20.3 Å². The molecular weight excluding hydrogens is 272 g/mol. The topological polar surface area (TPSA) is 82.0 Å². The molecule has 0 fully saturated rings. The molecule has 118 valence electrons. The van der Waals surface area contributed by atoms with Gasteiger partial charge in [-0.25, -0.2) is 0 Å². The monoisotopic (exact) mass is 296 g/mol. The summed E-state index contributed by atoms with van der Waals surface area (Å²) in [6.45, 7) is 4.17. The zero-order chi connectivity index (χ0) is 15.5. The van der Waals surface area contributed by atoms with E-state index in [1.807, 2.05) is 29.2 Å². The summed E-state index contributed by atoms with van der Waals surface area (Å²) < 4.78 is 4.84. The number of ether oxygens (including phenoxy) is 1. The van der Waals surface area contributed by atoms with Crippen molar-refractivity contribution in [1.29, 1.82) is 0 Å². The van der Waals surface area contributed by atoms with Gasteiger partial charge in [-0.05, 0) is 24.6 Å². The molecular formula is C15H24N2O4. The first-order valence-electron chi connectivity index (χ1n) is 7.12. The number of rotatable bonds is 10. The van der Waals surface area contributed by atoms with Crippen molar-refractivity contribution in [2.45, 2.75) is 13.5 Å². The van der Waals surface area contributed by atoms with Gasteiger partial charge in [-0.3, -0.25) is 9.69 Å². The average molecular weight is 296 g/mol. The van der Waals surface area contributed by atoms with Crippen molar-refractivity contribution in [3.05, 3.63) is 29.8 Å².